The first-order chi connectivity index (χ1) is 11.7. The first kappa shape index (κ1) is 14.7. The number of nitrogens with one attached hydrogen (secondary N) is 1. The van der Waals surface area contributed by atoms with Crippen LogP contribution >= 0.6 is 0 Å². The summed E-state index contributed by atoms with van der Waals surface area (Å²) in [5, 5.41) is 6.91. The summed E-state index contributed by atoms with van der Waals surface area (Å²) in [6.45, 7) is 2.60. The lowest BCUT2D eigenvalue weighted by Crippen LogP contribution is -2.13. The molecule has 0 unspecified atom stereocenters. The molecule has 0 spiro atoms. The predicted octanol–water partition coefficient (Wildman–Crippen LogP) is 3.36. The fraction of sp³-hybridized carbons (Fsp3) is 0.278. The summed E-state index contributed by atoms with van der Waals surface area (Å²) in [4.78, 5) is 16.7. The Balaban J connectivity index is 1.53. The lowest BCUT2D eigenvalue weighted by molar-refractivity contribution is 0.0987. The molecule has 122 valence electrons. The van der Waals surface area contributed by atoms with Crippen LogP contribution in [0.4, 0.5) is 5.69 Å². The molecule has 2 heterocycles. The monoisotopic (exact) mass is 322 g/mol. The Morgan fingerprint density at radius 1 is 1.38 bits per heavy atom. The molecule has 1 aliphatic carbocycles. The third-order valence-electron chi connectivity index (χ3n) is 4.28. The van der Waals surface area contributed by atoms with Crippen molar-refractivity contribution in [2.75, 3.05) is 5.32 Å². The number of hydrogen-bond acceptors (Lipinski definition) is 4. The van der Waals surface area contributed by atoms with Crippen molar-refractivity contribution in [1.82, 2.24) is 14.7 Å². The van der Waals surface area contributed by atoms with Crippen LogP contribution in [0.3, 0.4) is 0 Å². The van der Waals surface area contributed by atoms with E-state index in [4.69, 9.17) is 4.52 Å². The lowest BCUT2D eigenvalue weighted by Gasteiger charge is -2.11. The number of nitrogens with zero attached hydrogens (tertiary/aromatic N) is 3. The van der Waals surface area contributed by atoms with Crippen LogP contribution in [0.1, 0.15) is 46.4 Å². The highest BCUT2D eigenvalue weighted by Crippen LogP contribution is 2.39. The quantitative estimate of drug-likeness (QED) is 0.782. The summed E-state index contributed by atoms with van der Waals surface area (Å²) in [7, 11) is 0. The molecule has 24 heavy (non-hydrogen) atoms. The fourth-order valence-corrected chi connectivity index (χ4v) is 2.69. The van der Waals surface area contributed by atoms with Gasteiger partial charge in [0.25, 0.3) is 5.91 Å². The molecule has 4 rings (SSSR count). The van der Waals surface area contributed by atoms with Gasteiger partial charge in [0.2, 0.25) is 5.76 Å². The van der Waals surface area contributed by atoms with Crippen molar-refractivity contribution in [3.8, 4) is 0 Å². The zero-order valence-corrected chi connectivity index (χ0v) is 13.4. The minimum Gasteiger partial charge on any atom is -0.351 e. The number of carbonyl (C=O) groups is 1. The zero-order valence-electron chi connectivity index (χ0n) is 13.4. The van der Waals surface area contributed by atoms with Crippen molar-refractivity contribution >= 4 is 11.6 Å². The lowest BCUT2D eigenvalue weighted by atomic mass is 10.1. The number of hydrogen-bond donors (Lipinski definition) is 1. The van der Waals surface area contributed by atoms with Gasteiger partial charge in [0.1, 0.15) is 5.82 Å². The van der Waals surface area contributed by atoms with Crippen molar-refractivity contribution in [1.29, 1.82) is 0 Å². The Bertz CT molecular complexity index is 877. The van der Waals surface area contributed by atoms with E-state index < -0.39 is 0 Å². The average Bonchev–Trinajstić information content (AvgIpc) is 3.17. The number of aromatic nitrogens is 3. The first-order valence-corrected chi connectivity index (χ1v) is 8.04. The van der Waals surface area contributed by atoms with Gasteiger partial charge in [-0.3, -0.25) is 4.79 Å². The van der Waals surface area contributed by atoms with E-state index >= 15 is 0 Å². The average molecular weight is 322 g/mol. The highest BCUT2D eigenvalue weighted by molar-refractivity contribution is 6.02. The van der Waals surface area contributed by atoms with Gasteiger partial charge in [-0.15, -0.1) is 0 Å². The number of aryl methyl sites for hydroxylation is 1. The summed E-state index contributed by atoms with van der Waals surface area (Å²) in [5.74, 6) is 1.38. The van der Waals surface area contributed by atoms with Crippen molar-refractivity contribution in [2.45, 2.75) is 32.2 Å². The van der Waals surface area contributed by atoms with Gasteiger partial charge >= 0.3 is 0 Å². The van der Waals surface area contributed by atoms with Crippen LogP contribution in [-0.2, 0) is 6.54 Å². The van der Waals surface area contributed by atoms with Crippen LogP contribution in [0.15, 0.2) is 47.2 Å². The largest absolute Gasteiger partial charge is 0.351 e. The van der Waals surface area contributed by atoms with E-state index in [1.807, 2.05) is 42.0 Å². The molecule has 0 radical (unpaired) electrons. The maximum atomic E-state index is 12.4. The topological polar surface area (TPSA) is 73.0 Å². The number of benzene rings is 1. The number of anilines is 1. The van der Waals surface area contributed by atoms with Gasteiger partial charge in [0, 0.05) is 30.1 Å². The molecule has 1 aromatic carbocycles. The molecule has 1 fully saturated rings. The summed E-state index contributed by atoms with van der Waals surface area (Å²) in [5.41, 5.74) is 2.65. The Hall–Kier alpha value is -2.89. The molecule has 1 N–H and O–H groups in total. The third kappa shape index (κ3) is 2.95. The normalized spacial score (nSPS) is 13.9. The molecular weight excluding hydrogens is 304 g/mol. The SMILES string of the molecule is Cc1nccn1Cc1ccccc1NC(=O)c1cc(C2CC2)no1. The zero-order chi connectivity index (χ0) is 16.5. The van der Waals surface area contributed by atoms with Gasteiger partial charge in [-0.05, 0) is 31.4 Å². The number of rotatable bonds is 5. The summed E-state index contributed by atoms with van der Waals surface area (Å²) in [6.07, 6.45) is 5.94. The van der Waals surface area contributed by atoms with Gasteiger partial charge in [-0.1, -0.05) is 23.4 Å². The van der Waals surface area contributed by atoms with Gasteiger partial charge in [0.15, 0.2) is 0 Å². The molecule has 1 saturated carbocycles. The van der Waals surface area contributed by atoms with E-state index in [0.717, 1.165) is 35.6 Å². The smallest absolute Gasteiger partial charge is 0.294 e. The van der Waals surface area contributed by atoms with E-state index in [0.29, 0.717) is 12.5 Å². The Morgan fingerprint density at radius 3 is 2.96 bits per heavy atom. The summed E-state index contributed by atoms with van der Waals surface area (Å²) in [6, 6.07) is 9.48. The Labute approximate surface area is 139 Å². The van der Waals surface area contributed by atoms with E-state index in [2.05, 4.69) is 15.5 Å². The van der Waals surface area contributed by atoms with Crippen LogP contribution in [0.25, 0.3) is 0 Å². The number of imidazole rings is 1. The standard InChI is InChI=1S/C18H18N4O2/c1-12-19-8-9-22(12)11-14-4-2-3-5-15(14)20-18(23)17-10-16(21-24-17)13-6-7-13/h2-5,8-10,13H,6-7,11H2,1H3,(H,20,23). The third-order valence-corrected chi connectivity index (χ3v) is 4.28. The second kappa shape index (κ2) is 5.96. The molecule has 2 aromatic heterocycles. The molecule has 0 atom stereocenters. The van der Waals surface area contributed by atoms with E-state index in [-0.39, 0.29) is 11.7 Å². The molecule has 0 aliphatic heterocycles. The molecule has 0 saturated heterocycles. The maximum absolute atomic E-state index is 12.4. The van der Waals surface area contributed by atoms with Crippen LogP contribution in [0, 0.1) is 6.92 Å². The van der Waals surface area contributed by atoms with Crippen molar-refractivity contribution in [2.24, 2.45) is 0 Å². The van der Waals surface area contributed by atoms with Crippen LogP contribution in [0.5, 0.6) is 0 Å². The Morgan fingerprint density at radius 2 is 2.21 bits per heavy atom. The maximum Gasteiger partial charge on any atom is 0.294 e. The number of para-hydroxylation sites is 1. The Kier molecular flexibility index (Phi) is 3.65. The predicted molar refractivity (Wildman–Crippen MR) is 88.9 cm³/mol. The fourth-order valence-electron chi connectivity index (χ4n) is 2.69. The minimum atomic E-state index is -0.274. The molecule has 0 bridgehead atoms. The molecular formula is C18H18N4O2. The highest BCUT2D eigenvalue weighted by atomic mass is 16.5. The van der Waals surface area contributed by atoms with E-state index in [9.17, 15) is 4.79 Å². The van der Waals surface area contributed by atoms with Gasteiger partial charge in [-0.2, -0.15) is 0 Å². The molecule has 6 nitrogen and oxygen atoms in total. The summed E-state index contributed by atoms with van der Waals surface area (Å²) >= 11 is 0. The summed E-state index contributed by atoms with van der Waals surface area (Å²) < 4.78 is 7.22. The second-order valence-corrected chi connectivity index (χ2v) is 6.10. The van der Waals surface area contributed by atoms with E-state index in [1.54, 1.807) is 12.3 Å². The van der Waals surface area contributed by atoms with Gasteiger partial charge in [-0.25, -0.2) is 4.98 Å². The first-order valence-electron chi connectivity index (χ1n) is 8.04. The van der Waals surface area contributed by atoms with Crippen molar-refractivity contribution < 1.29 is 9.32 Å². The van der Waals surface area contributed by atoms with Crippen LogP contribution in [0.2, 0.25) is 0 Å². The molecule has 3 aromatic rings. The van der Waals surface area contributed by atoms with Gasteiger partial charge < -0.3 is 14.4 Å². The van der Waals surface area contributed by atoms with E-state index in [1.165, 1.54) is 0 Å². The van der Waals surface area contributed by atoms with Crippen molar-refractivity contribution in [3.63, 3.8) is 0 Å². The molecule has 1 amide bonds. The highest BCUT2D eigenvalue weighted by Gasteiger charge is 2.28. The van der Waals surface area contributed by atoms with Crippen LogP contribution < -0.4 is 5.32 Å². The van der Waals surface area contributed by atoms with Crippen molar-refractivity contribution in [3.05, 3.63) is 65.6 Å². The number of amides is 1. The molecule has 1 aliphatic rings. The van der Waals surface area contributed by atoms with Gasteiger partial charge in [0.05, 0.1) is 12.2 Å². The minimum absolute atomic E-state index is 0.255. The molecule has 6 heteroatoms. The number of carbonyl (C=O) groups excluding carboxylic acids is 1. The van der Waals surface area contributed by atoms with Crippen LogP contribution in [-0.4, -0.2) is 20.6 Å². The second-order valence-electron chi connectivity index (χ2n) is 6.10.